The fraction of sp³-hybridized carbons (Fsp3) is 1.00. The third-order valence-corrected chi connectivity index (χ3v) is 0.890. The molecule has 5 heteroatoms. The molecule has 0 aliphatic heterocycles. The summed E-state index contributed by atoms with van der Waals surface area (Å²) in [6.45, 7) is 0.470. The normalized spacial score (nSPS) is 11.5. The van der Waals surface area contributed by atoms with Crippen molar-refractivity contribution in [1.29, 1.82) is 0 Å². The van der Waals surface area contributed by atoms with Gasteiger partial charge in [0.25, 0.3) is 0 Å². The molecular weight excluding hydrogens is 176 g/mol. The zero-order chi connectivity index (χ0) is 8.41. The predicted molar refractivity (Wildman–Crippen MR) is 30.4 cm³/mol. The van der Waals surface area contributed by atoms with Crippen molar-refractivity contribution >= 4 is 0 Å². The summed E-state index contributed by atoms with van der Waals surface area (Å²) < 4.78 is 17.6. The molecular formula is C5H12CrO4. The number of hydrogen-bond acceptors (Lipinski definition) is 4. The molecule has 0 spiro atoms. The van der Waals surface area contributed by atoms with Crippen molar-refractivity contribution in [3.8, 4) is 0 Å². The number of aliphatic hydroxyl groups is 1. The van der Waals surface area contributed by atoms with Crippen LogP contribution in [-0.2, 0) is 29.5 Å². The molecule has 0 amide bonds. The van der Waals surface area contributed by atoms with Gasteiger partial charge >= 0.3 is 20.0 Å². The first kappa shape index (κ1) is 12.9. The van der Waals surface area contributed by atoms with Gasteiger partial charge in [0.2, 0.25) is 0 Å². The van der Waals surface area contributed by atoms with Crippen LogP contribution in [0.25, 0.3) is 0 Å². The van der Waals surface area contributed by atoms with Crippen molar-refractivity contribution in [3.05, 3.63) is 0 Å². The molecule has 0 aromatic rings. The van der Waals surface area contributed by atoms with E-state index in [0.29, 0.717) is 6.61 Å². The Morgan fingerprint density at radius 1 is 1.50 bits per heavy atom. The van der Waals surface area contributed by atoms with Gasteiger partial charge in [0.05, 0.1) is 13.2 Å². The Labute approximate surface area is 68.8 Å². The van der Waals surface area contributed by atoms with Crippen LogP contribution in [0.1, 0.15) is 0 Å². The van der Waals surface area contributed by atoms with Gasteiger partial charge in [0.1, 0.15) is 6.10 Å². The molecule has 1 N–H and O–H groups in total. The SMILES string of the molecule is COCC(CO)OC.[O]=[Cr]. The molecule has 0 aromatic heterocycles. The van der Waals surface area contributed by atoms with Crippen LogP contribution in [0.2, 0.25) is 0 Å². The molecule has 0 fully saturated rings. The van der Waals surface area contributed by atoms with E-state index in [-0.39, 0.29) is 12.7 Å². The Kier molecular flexibility index (Phi) is 15.3. The van der Waals surface area contributed by atoms with Gasteiger partial charge in [-0.05, 0) is 0 Å². The fourth-order valence-corrected chi connectivity index (χ4v) is 0.381. The second kappa shape index (κ2) is 11.9. The van der Waals surface area contributed by atoms with E-state index in [0.717, 1.165) is 0 Å². The molecule has 0 rings (SSSR count). The molecule has 62 valence electrons. The van der Waals surface area contributed by atoms with Crippen molar-refractivity contribution in [2.45, 2.75) is 6.10 Å². The molecule has 0 saturated heterocycles. The van der Waals surface area contributed by atoms with Gasteiger partial charge in [0, 0.05) is 14.2 Å². The molecule has 1 atom stereocenters. The average Bonchev–Trinajstić information content (AvgIpc) is 2.04. The number of ether oxygens (including phenoxy) is 2. The molecule has 0 saturated carbocycles. The van der Waals surface area contributed by atoms with E-state index in [1.807, 2.05) is 0 Å². The summed E-state index contributed by atoms with van der Waals surface area (Å²) in [6, 6.07) is 0. The minimum atomic E-state index is -0.167. The number of rotatable bonds is 4. The van der Waals surface area contributed by atoms with Gasteiger partial charge in [0.15, 0.2) is 0 Å². The van der Waals surface area contributed by atoms with Crippen LogP contribution in [0, 0.1) is 0 Å². The summed E-state index contributed by atoms with van der Waals surface area (Å²) in [5.41, 5.74) is 0. The van der Waals surface area contributed by atoms with Crippen LogP contribution < -0.4 is 0 Å². The third-order valence-electron chi connectivity index (χ3n) is 0.890. The van der Waals surface area contributed by atoms with Crippen LogP contribution in [0.4, 0.5) is 0 Å². The molecule has 0 heterocycles. The molecule has 4 nitrogen and oxygen atoms in total. The Morgan fingerprint density at radius 3 is 2.10 bits per heavy atom. The Hall–Kier alpha value is 0.212. The van der Waals surface area contributed by atoms with Crippen LogP contribution >= 0.6 is 0 Å². The second-order valence-electron chi connectivity index (χ2n) is 1.50. The van der Waals surface area contributed by atoms with E-state index in [1.165, 1.54) is 16.2 Å². The zero-order valence-corrected chi connectivity index (χ0v) is 7.35. The van der Waals surface area contributed by atoms with Crippen LogP contribution in [0.15, 0.2) is 0 Å². The molecule has 1 unspecified atom stereocenters. The van der Waals surface area contributed by atoms with Crippen molar-refractivity contribution in [1.82, 2.24) is 0 Å². The molecule has 0 aromatic carbocycles. The summed E-state index contributed by atoms with van der Waals surface area (Å²) in [7, 11) is 3.11. The van der Waals surface area contributed by atoms with Gasteiger partial charge in [-0.2, -0.15) is 0 Å². The zero-order valence-electron chi connectivity index (χ0n) is 6.07. The van der Waals surface area contributed by atoms with Gasteiger partial charge in [-0.1, -0.05) is 0 Å². The summed E-state index contributed by atoms with van der Waals surface area (Å²) in [5.74, 6) is 0. The van der Waals surface area contributed by atoms with Gasteiger partial charge in [-0.15, -0.1) is 0 Å². The van der Waals surface area contributed by atoms with E-state index in [1.54, 1.807) is 14.2 Å². The quantitative estimate of drug-likeness (QED) is 0.647. The van der Waals surface area contributed by atoms with Crippen molar-refractivity contribution < 1.29 is 34.6 Å². The van der Waals surface area contributed by atoms with Gasteiger partial charge in [-0.3, -0.25) is 0 Å². The van der Waals surface area contributed by atoms with Crippen molar-refractivity contribution in [2.24, 2.45) is 0 Å². The third kappa shape index (κ3) is 8.21. The van der Waals surface area contributed by atoms with E-state index >= 15 is 0 Å². The molecule has 0 radical (unpaired) electrons. The first-order chi connectivity index (χ1) is 4.85. The Morgan fingerprint density at radius 2 is 2.00 bits per heavy atom. The topological polar surface area (TPSA) is 55.8 Å². The molecule has 0 bridgehead atoms. The Balaban J connectivity index is 0. The van der Waals surface area contributed by atoms with E-state index in [4.69, 9.17) is 18.4 Å². The minimum absolute atomic E-state index is 0.0182. The predicted octanol–water partition coefficient (Wildman–Crippen LogP) is -0.481. The van der Waals surface area contributed by atoms with E-state index in [9.17, 15) is 0 Å². The number of aliphatic hydroxyl groups excluding tert-OH is 1. The van der Waals surface area contributed by atoms with Crippen LogP contribution in [-0.4, -0.2) is 38.6 Å². The molecule has 0 aliphatic rings. The Bertz CT molecular complexity index is 57.6. The number of hydrogen-bond donors (Lipinski definition) is 1. The molecule has 10 heavy (non-hydrogen) atoms. The molecule has 0 aliphatic carbocycles. The summed E-state index contributed by atoms with van der Waals surface area (Å²) in [4.78, 5) is 0. The van der Waals surface area contributed by atoms with Crippen molar-refractivity contribution in [2.75, 3.05) is 27.4 Å². The van der Waals surface area contributed by atoms with Crippen LogP contribution in [0.5, 0.6) is 0 Å². The van der Waals surface area contributed by atoms with Crippen LogP contribution in [0.3, 0.4) is 0 Å². The monoisotopic (exact) mass is 188 g/mol. The standard InChI is InChI=1S/C5H12O3.Cr.O/c1-7-4-5(3-6)8-2;;/h5-6H,3-4H2,1-2H3;;. The average molecular weight is 188 g/mol. The summed E-state index contributed by atoms with van der Waals surface area (Å²) >= 11 is 1.38. The maximum atomic E-state index is 8.45. The first-order valence-electron chi connectivity index (χ1n) is 2.64. The van der Waals surface area contributed by atoms with Gasteiger partial charge in [-0.25, -0.2) is 0 Å². The fourth-order valence-electron chi connectivity index (χ4n) is 0.381. The summed E-state index contributed by atoms with van der Waals surface area (Å²) in [6.07, 6.45) is -0.167. The van der Waals surface area contributed by atoms with Crippen molar-refractivity contribution in [3.63, 3.8) is 0 Å². The summed E-state index contributed by atoms with van der Waals surface area (Å²) in [5, 5.41) is 8.45. The maximum absolute atomic E-state index is 8.45. The van der Waals surface area contributed by atoms with Gasteiger partial charge < -0.3 is 14.6 Å². The van der Waals surface area contributed by atoms with E-state index < -0.39 is 0 Å². The first-order valence-corrected chi connectivity index (χ1v) is 3.16. The second-order valence-corrected chi connectivity index (χ2v) is 1.50. The van der Waals surface area contributed by atoms with E-state index in [2.05, 4.69) is 0 Å². The number of methoxy groups -OCH3 is 2.